The highest BCUT2D eigenvalue weighted by Crippen LogP contribution is 2.29. The van der Waals surface area contributed by atoms with Crippen LogP contribution in [0.3, 0.4) is 0 Å². The molecular formula is C16H23N. The fourth-order valence-corrected chi connectivity index (χ4v) is 2.62. The van der Waals surface area contributed by atoms with Gasteiger partial charge in [0.25, 0.3) is 0 Å². The van der Waals surface area contributed by atoms with Crippen LogP contribution in [0.25, 0.3) is 0 Å². The van der Waals surface area contributed by atoms with Gasteiger partial charge in [0.05, 0.1) is 6.04 Å². The van der Waals surface area contributed by atoms with E-state index in [1.807, 2.05) is 0 Å². The standard InChI is InChI=1S/C16H23N/c1-12-9-10-13(2)15(11-12)16(17)14-7-5-3-4-6-8-14/h7,9-11,16H,3-6,8,17H2,1-2H3. The molecule has 2 rings (SSSR count). The largest absolute Gasteiger partial charge is 0.321 e. The van der Waals surface area contributed by atoms with Crippen LogP contribution in [0.1, 0.15) is 54.8 Å². The Hall–Kier alpha value is -1.08. The summed E-state index contributed by atoms with van der Waals surface area (Å²) in [5.74, 6) is 0. The summed E-state index contributed by atoms with van der Waals surface area (Å²) in [4.78, 5) is 0. The van der Waals surface area contributed by atoms with E-state index >= 15 is 0 Å². The van der Waals surface area contributed by atoms with Crippen LogP contribution in [0.5, 0.6) is 0 Å². The summed E-state index contributed by atoms with van der Waals surface area (Å²) in [6.07, 6.45) is 8.72. The van der Waals surface area contributed by atoms with E-state index in [4.69, 9.17) is 5.73 Å². The van der Waals surface area contributed by atoms with Gasteiger partial charge in [-0.25, -0.2) is 0 Å². The number of aryl methyl sites for hydroxylation is 2. The van der Waals surface area contributed by atoms with E-state index in [1.54, 1.807) is 0 Å². The third-order valence-corrected chi connectivity index (χ3v) is 3.75. The Labute approximate surface area is 105 Å². The molecule has 0 bridgehead atoms. The number of rotatable bonds is 2. The number of benzene rings is 1. The summed E-state index contributed by atoms with van der Waals surface area (Å²) < 4.78 is 0. The smallest absolute Gasteiger partial charge is 0.0513 e. The van der Waals surface area contributed by atoms with Gasteiger partial charge in [-0.1, -0.05) is 41.8 Å². The van der Waals surface area contributed by atoms with Crippen molar-refractivity contribution >= 4 is 0 Å². The Bertz CT molecular complexity index is 418. The zero-order valence-electron chi connectivity index (χ0n) is 11.0. The lowest BCUT2D eigenvalue weighted by molar-refractivity contribution is 0.687. The fourth-order valence-electron chi connectivity index (χ4n) is 2.62. The van der Waals surface area contributed by atoms with Crippen molar-refractivity contribution in [2.45, 2.75) is 52.0 Å². The van der Waals surface area contributed by atoms with Crippen LogP contribution in [0, 0.1) is 13.8 Å². The highest BCUT2D eigenvalue weighted by molar-refractivity contribution is 5.37. The van der Waals surface area contributed by atoms with E-state index in [9.17, 15) is 0 Å². The van der Waals surface area contributed by atoms with Crippen LogP contribution in [0.15, 0.2) is 29.8 Å². The van der Waals surface area contributed by atoms with Crippen molar-refractivity contribution < 1.29 is 0 Å². The molecule has 0 aliphatic heterocycles. The highest BCUT2D eigenvalue weighted by Gasteiger charge is 2.15. The van der Waals surface area contributed by atoms with E-state index < -0.39 is 0 Å². The van der Waals surface area contributed by atoms with Crippen LogP contribution >= 0.6 is 0 Å². The molecule has 1 aromatic rings. The molecule has 1 nitrogen and oxygen atoms in total. The summed E-state index contributed by atoms with van der Waals surface area (Å²) in [7, 11) is 0. The number of allylic oxidation sites excluding steroid dienone is 1. The van der Waals surface area contributed by atoms with Gasteiger partial charge < -0.3 is 5.73 Å². The van der Waals surface area contributed by atoms with Crippen molar-refractivity contribution in [2.75, 3.05) is 0 Å². The molecular weight excluding hydrogens is 206 g/mol. The van der Waals surface area contributed by atoms with Gasteiger partial charge in [-0.3, -0.25) is 0 Å². The quantitative estimate of drug-likeness (QED) is 0.756. The van der Waals surface area contributed by atoms with Crippen LogP contribution in [0.2, 0.25) is 0 Å². The lowest BCUT2D eigenvalue weighted by Gasteiger charge is -2.18. The Balaban J connectivity index is 2.26. The zero-order chi connectivity index (χ0) is 12.3. The predicted octanol–water partition coefficient (Wildman–Crippen LogP) is 4.19. The van der Waals surface area contributed by atoms with Crippen molar-refractivity contribution in [3.63, 3.8) is 0 Å². The van der Waals surface area contributed by atoms with E-state index in [2.05, 4.69) is 38.1 Å². The molecule has 2 N–H and O–H groups in total. The van der Waals surface area contributed by atoms with Gasteiger partial charge in [0.15, 0.2) is 0 Å². The molecule has 0 radical (unpaired) electrons. The first-order valence-corrected chi connectivity index (χ1v) is 6.70. The van der Waals surface area contributed by atoms with Crippen LogP contribution in [-0.2, 0) is 0 Å². The summed E-state index contributed by atoms with van der Waals surface area (Å²) in [6.45, 7) is 4.29. The summed E-state index contributed by atoms with van der Waals surface area (Å²) in [6, 6.07) is 6.69. The molecule has 17 heavy (non-hydrogen) atoms. The van der Waals surface area contributed by atoms with Crippen LogP contribution < -0.4 is 5.73 Å². The minimum absolute atomic E-state index is 0.105. The number of hydrogen-bond acceptors (Lipinski definition) is 1. The maximum atomic E-state index is 6.44. The second kappa shape index (κ2) is 5.50. The molecule has 0 spiro atoms. The van der Waals surface area contributed by atoms with Crippen molar-refractivity contribution in [3.05, 3.63) is 46.5 Å². The van der Waals surface area contributed by atoms with Gasteiger partial charge in [-0.2, -0.15) is 0 Å². The lowest BCUT2D eigenvalue weighted by atomic mass is 9.92. The SMILES string of the molecule is Cc1ccc(C)c(C(N)C2=CCCCCC2)c1. The monoisotopic (exact) mass is 229 g/mol. The molecule has 0 fully saturated rings. The number of hydrogen-bond donors (Lipinski definition) is 1. The second-order valence-corrected chi connectivity index (χ2v) is 5.22. The summed E-state index contributed by atoms with van der Waals surface area (Å²) in [5.41, 5.74) is 11.8. The molecule has 1 heteroatoms. The number of nitrogens with two attached hydrogens (primary N) is 1. The van der Waals surface area contributed by atoms with Gasteiger partial charge >= 0.3 is 0 Å². The Kier molecular flexibility index (Phi) is 4.01. The summed E-state index contributed by atoms with van der Waals surface area (Å²) >= 11 is 0. The molecule has 0 aromatic heterocycles. The zero-order valence-corrected chi connectivity index (χ0v) is 11.0. The average molecular weight is 229 g/mol. The van der Waals surface area contributed by atoms with E-state index in [0.717, 1.165) is 0 Å². The molecule has 1 unspecified atom stereocenters. The fraction of sp³-hybridized carbons (Fsp3) is 0.500. The van der Waals surface area contributed by atoms with Crippen molar-refractivity contribution in [1.29, 1.82) is 0 Å². The third kappa shape index (κ3) is 2.98. The van der Waals surface area contributed by atoms with Gasteiger partial charge in [-0.15, -0.1) is 0 Å². The molecule has 1 aliphatic carbocycles. The predicted molar refractivity (Wildman–Crippen MR) is 74.0 cm³/mol. The topological polar surface area (TPSA) is 26.0 Å². The molecule has 1 atom stereocenters. The normalized spacial score (nSPS) is 18.4. The lowest BCUT2D eigenvalue weighted by Crippen LogP contribution is -2.14. The minimum atomic E-state index is 0.105. The molecule has 0 amide bonds. The van der Waals surface area contributed by atoms with Crippen molar-refractivity contribution in [3.8, 4) is 0 Å². The molecule has 0 saturated heterocycles. The van der Waals surface area contributed by atoms with Gasteiger partial charge in [0.2, 0.25) is 0 Å². The molecule has 1 aliphatic rings. The minimum Gasteiger partial charge on any atom is -0.321 e. The average Bonchev–Trinajstić information content (AvgIpc) is 2.60. The van der Waals surface area contributed by atoms with Crippen molar-refractivity contribution in [2.24, 2.45) is 5.73 Å². The third-order valence-electron chi connectivity index (χ3n) is 3.75. The first-order valence-electron chi connectivity index (χ1n) is 6.70. The van der Waals surface area contributed by atoms with Crippen LogP contribution in [0.4, 0.5) is 0 Å². The first-order chi connectivity index (χ1) is 8.18. The molecule has 0 saturated carbocycles. The van der Waals surface area contributed by atoms with Crippen LogP contribution in [-0.4, -0.2) is 0 Å². The van der Waals surface area contributed by atoms with E-state index in [1.165, 1.54) is 54.4 Å². The highest BCUT2D eigenvalue weighted by atomic mass is 14.6. The second-order valence-electron chi connectivity index (χ2n) is 5.22. The maximum absolute atomic E-state index is 6.44. The van der Waals surface area contributed by atoms with E-state index in [-0.39, 0.29) is 6.04 Å². The van der Waals surface area contributed by atoms with Crippen molar-refractivity contribution in [1.82, 2.24) is 0 Å². The maximum Gasteiger partial charge on any atom is 0.0513 e. The molecule has 92 valence electrons. The van der Waals surface area contributed by atoms with Gasteiger partial charge in [0.1, 0.15) is 0 Å². The Morgan fingerprint density at radius 2 is 1.94 bits per heavy atom. The Morgan fingerprint density at radius 3 is 2.76 bits per heavy atom. The van der Waals surface area contributed by atoms with E-state index in [0.29, 0.717) is 0 Å². The molecule has 0 heterocycles. The Morgan fingerprint density at radius 1 is 1.12 bits per heavy atom. The summed E-state index contributed by atoms with van der Waals surface area (Å²) in [5, 5.41) is 0. The first kappa shape index (κ1) is 12.4. The van der Waals surface area contributed by atoms with Gasteiger partial charge in [0, 0.05) is 0 Å². The molecule has 1 aromatic carbocycles. The van der Waals surface area contributed by atoms with Gasteiger partial charge in [-0.05, 0) is 50.7 Å².